The molecule has 0 fully saturated rings. The summed E-state index contributed by atoms with van der Waals surface area (Å²) in [5.74, 6) is 0.945. The van der Waals surface area contributed by atoms with Gasteiger partial charge in [-0.25, -0.2) is 4.98 Å². The first kappa shape index (κ1) is 15.0. The van der Waals surface area contributed by atoms with Crippen LogP contribution in [0.3, 0.4) is 0 Å². The number of imidazole rings is 1. The lowest BCUT2D eigenvalue weighted by molar-refractivity contribution is 0.833. The molecule has 0 atom stereocenters. The topological polar surface area (TPSA) is 17.8 Å². The predicted octanol–water partition coefficient (Wildman–Crippen LogP) is 5.71. The monoisotopic (exact) mass is 332 g/mol. The van der Waals surface area contributed by atoms with Crippen molar-refractivity contribution < 1.29 is 0 Å². The molecule has 0 saturated carbocycles. The van der Waals surface area contributed by atoms with E-state index >= 15 is 0 Å². The molecule has 0 aliphatic heterocycles. The lowest BCUT2D eigenvalue weighted by atomic mass is 10.1. The van der Waals surface area contributed by atoms with E-state index in [9.17, 15) is 0 Å². The van der Waals surface area contributed by atoms with Gasteiger partial charge in [0.05, 0.1) is 11.0 Å². The van der Waals surface area contributed by atoms with Crippen molar-refractivity contribution >= 4 is 22.6 Å². The van der Waals surface area contributed by atoms with Crippen LogP contribution in [0.25, 0.3) is 22.4 Å². The van der Waals surface area contributed by atoms with Gasteiger partial charge in [-0.3, -0.25) is 0 Å². The fraction of sp³-hybridized carbons (Fsp3) is 0.0952. The van der Waals surface area contributed by atoms with Gasteiger partial charge < -0.3 is 4.57 Å². The van der Waals surface area contributed by atoms with Crippen LogP contribution in [0, 0.1) is 6.92 Å². The van der Waals surface area contributed by atoms with Crippen LogP contribution in [0.2, 0.25) is 5.02 Å². The Morgan fingerprint density at radius 1 is 0.917 bits per heavy atom. The summed E-state index contributed by atoms with van der Waals surface area (Å²) in [5.41, 5.74) is 5.70. The quantitative estimate of drug-likeness (QED) is 0.469. The predicted molar refractivity (Wildman–Crippen MR) is 100 cm³/mol. The molecule has 3 aromatic carbocycles. The van der Waals surface area contributed by atoms with Gasteiger partial charge in [0.25, 0.3) is 0 Å². The number of benzene rings is 3. The Hall–Kier alpha value is -2.58. The molecule has 0 spiro atoms. The number of aromatic nitrogens is 2. The van der Waals surface area contributed by atoms with Gasteiger partial charge in [-0.05, 0) is 36.8 Å². The second kappa shape index (κ2) is 6.14. The van der Waals surface area contributed by atoms with E-state index in [0.717, 1.165) is 34.0 Å². The summed E-state index contributed by atoms with van der Waals surface area (Å²) in [6, 6.07) is 24.7. The van der Waals surface area contributed by atoms with Crippen LogP contribution in [-0.2, 0) is 6.54 Å². The van der Waals surface area contributed by atoms with Crippen molar-refractivity contribution in [3.05, 3.63) is 88.9 Å². The standard InChI is InChI=1S/C21H17ClN2/c1-15-6-4-7-16(12-15)14-24-20-11-3-2-10-19(20)23-21(24)17-8-5-9-18(22)13-17/h2-13H,14H2,1H3. The Balaban J connectivity index is 1.90. The number of hydrogen-bond donors (Lipinski definition) is 0. The van der Waals surface area contributed by atoms with E-state index in [1.165, 1.54) is 11.1 Å². The highest BCUT2D eigenvalue weighted by Gasteiger charge is 2.13. The number of rotatable bonds is 3. The van der Waals surface area contributed by atoms with E-state index in [-0.39, 0.29) is 0 Å². The minimum absolute atomic E-state index is 0.724. The number of hydrogen-bond acceptors (Lipinski definition) is 1. The molecule has 0 radical (unpaired) electrons. The highest BCUT2D eigenvalue weighted by atomic mass is 35.5. The van der Waals surface area contributed by atoms with Gasteiger partial charge in [-0.15, -0.1) is 0 Å². The maximum atomic E-state index is 6.19. The average Bonchev–Trinajstić information content (AvgIpc) is 2.94. The van der Waals surface area contributed by atoms with E-state index in [1.54, 1.807) is 0 Å². The zero-order valence-electron chi connectivity index (χ0n) is 13.4. The summed E-state index contributed by atoms with van der Waals surface area (Å²) >= 11 is 6.19. The lowest BCUT2D eigenvalue weighted by Crippen LogP contribution is -2.02. The lowest BCUT2D eigenvalue weighted by Gasteiger charge is -2.10. The second-order valence-corrected chi connectivity index (χ2v) is 6.45. The summed E-state index contributed by atoms with van der Waals surface area (Å²) in [6.45, 7) is 2.90. The largest absolute Gasteiger partial charge is 0.319 e. The molecule has 0 aliphatic carbocycles. The van der Waals surface area contributed by atoms with Crippen molar-refractivity contribution in [3.63, 3.8) is 0 Å². The van der Waals surface area contributed by atoms with Crippen LogP contribution >= 0.6 is 11.6 Å². The number of aryl methyl sites for hydroxylation is 1. The van der Waals surface area contributed by atoms with Gasteiger partial charge >= 0.3 is 0 Å². The fourth-order valence-electron chi connectivity index (χ4n) is 3.08. The molecule has 1 heterocycles. The molecule has 1 aromatic heterocycles. The first-order chi connectivity index (χ1) is 11.7. The molecule has 0 amide bonds. The summed E-state index contributed by atoms with van der Waals surface area (Å²) < 4.78 is 2.26. The van der Waals surface area contributed by atoms with Gasteiger partial charge in [0.15, 0.2) is 0 Å². The number of nitrogens with zero attached hydrogens (tertiary/aromatic N) is 2. The molecular formula is C21H17ClN2. The second-order valence-electron chi connectivity index (χ2n) is 6.01. The van der Waals surface area contributed by atoms with Crippen LogP contribution in [0.4, 0.5) is 0 Å². The summed E-state index contributed by atoms with van der Waals surface area (Å²) in [6.07, 6.45) is 0. The van der Waals surface area contributed by atoms with Crippen molar-refractivity contribution in [2.45, 2.75) is 13.5 Å². The summed E-state index contributed by atoms with van der Waals surface area (Å²) in [4.78, 5) is 4.85. The zero-order valence-corrected chi connectivity index (χ0v) is 14.2. The van der Waals surface area contributed by atoms with E-state index < -0.39 is 0 Å². The van der Waals surface area contributed by atoms with Crippen LogP contribution in [0.1, 0.15) is 11.1 Å². The molecule has 0 aliphatic rings. The van der Waals surface area contributed by atoms with E-state index in [2.05, 4.69) is 60.0 Å². The highest BCUT2D eigenvalue weighted by Crippen LogP contribution is 2.27. The third-order valence-corrected chi connectivity index (χ3v) is 4.40. The Bertz CT molecular complexity index is 1020. The van der Waals surface area contributed by atoms with Crippen LogP contribution in [0.5, 0.6) is 0 Å². The van der Waals surface area contributed by atoms with Crippen molar-refractivity contribution in [2.75, 3.05) is 0 Å². The van der Waals surface area contributed by atoms with Crippen molar-refractivity contribution in [1.29, 1.82) is 0 Å². The highest BCUT2D eigenvalue weighted by molar-refractivity contribution is 6.30. The van der Waals surface area contributed by atoms with Crippen LogP contribution in [0.15, 0.2) is 72.8 Å². The normalized spacial score (nSPS) is 11.1. The molecule has 2 nitrogen and oxygen atoms in total. The molecule has 3 heteroatoms. The minimum atomic E-state index is 0.724. The minimum Gasteiger partial charge on any atom is -0.319 e. The Kier molecular flexibility index (Phi) is 3.83. The molecule has 24 heavy (non-hydrogen) atoms. The molecule has 0 bridgehead atoms. The van der Waals surface area contributed by atoms with Gasteiger partial charge in [-0.1, -0.05) is 65.7 Å². The molecule has 118 valence electrons. The Morgan fingerprint density at radius 2 is 1.75 bits per heavy atom. The smallest absolute Gasteiger partial charge is 0.141 e. The molecule has 4 aromatic rings. The van der Waals surface area contributed by atoms with Crippen molar-refractivity contribution in [1.82, 2.24) is 9.55 Å². The fourth-order valence-corrected chi connectivity index (χ4v) is 3.27. The first-order valence-corrected chi connectivity index (χ1v) is 8.35. The van der Waals surface area contributed by atoms with Crippen molar-refractivity contribution in [2.24, 2.45) is 0 Å². The van der Waals surface area contributed by atoms with Gasteiger partial charge in [-0.2, -0.15) is 0 Å². The van der Waals surface area contributed by atoms with Gasteiger partial charge in [0, 0.05) is 17.1 Å². The third-order valence-electron chi connectivity index (χ3n) is 4.16. The number of para-hydroxylation sites is 2. The van der Waals surface area contributed by atoms with Crippen LogP contribution in [-0.4, -0.2) is 9.55 Å². The molecule has 0 saturated heterocycles. The average molecular weight is 333 g/mol. The number of fused-ring (bicyclic) bond motifs is 1. The SMILES string of the molecule is Cc1cccc(Cn2c(-c3cccc(Cl)c3)nc3ccccc32)c1. The zero-order chi connectivity index (χ0) is 16.5. The maximum Gasteiger partial charge on any atom is 0.141 e. The van der Waals surface area contributed by atoms with E-state index in [0.29, 0.717) is 0 Å². The van der Waals surface area contributed by atoms with E-state index in [4.69, 9.17) is 16.6 Å². The Labute approximate surface area is 146 Å². The molecular weight excluding hydrogens is 316 g/mol. The van der Waals surface area contributed by atoms with Crippen molar-refractivity contribution in [3.8, 4) is 11.4 Å². The van der Waals surface area contributed by atoms with Crippen LogP contribution < -0.4 is 0 Å². The summed E-state index contributed by atoms with van der Waals surface area (Å²) in [5, 5.41) is 0.724. The third kappa shape index (κ3) is 2.81. The first-order valence-electron chi connectivity index (χ1n) is 7.97. The summed E-state index contributed by atoms with van der Waals surface area (Å²) in [7, 11) is 0. The Morgan fingerprint density at radius 3 is 2.58 bits per heavy atom. The number of halogens is 1. The maximum absolute atomic E-state index is 6.19. The van der Waals surface area contributed by atoms with Gasteiger partial charge in [0.1, 0.15) is 5.82 Å². The van der Waals surface area contributed by atoms with E-state index in [1.807, 2.05) is 24.3 Å². The molecule has 0 unspecified atom stereocenters. The molecule has 0 N–H and O–H groups in total. The molecule has 4 rings (SSSR count). The van der Waals surface area contributed by atoms with Gasteiger partial charge in [0.2, 0.25) is 0 Å².